The van der Waals surface area contributed by atoms with Gasteiger partial charge in [0, 0.05) is 12.1 Å². The molecule has 1 fully saturated rings. The summed E-state index contributed by atoms with van der Waals surface area (Å²) in [5, 5.41) is 12.5. The molecule has 4 rings (SSSR count). The van der Waals surface area contributed by atoms with E-state index in [1.54, 1.807) is 0 Å². The van der Waals surface area contributed by atoms with Crippen molar-refractivity contribution in [1.29, 1.82) is 0 Å². The molecule has 0 spiro atoms. The summed E-state index contributed by atoms with van der Waals surface area (Å²) < 4.78 is 8.11. The fraction of sp³-hybridized carbons (Fsp3) is 0.400. The Hall–Kier alpha value is -2.80. The van der Waals surface area contributed by atoms with Gasteiger partial charge in [-0.3, -0.25) is 4.79 Å². The van der Waals surface area contributed by atoms with Gasteiger partial charge in [0.15, 0.2) is 11.0 Å². The molecule has 6 nitrogen and oxygen atoms in total. The van der Waals surface area contributed by atoms with Crippen LogP contribution in [0.25, 0.3) is 11.4 Å². The molecule has 0 bridgehead atoms. The predicted molar refractivity (Wildman–Crippen MR) is 128 cm³/mol. The van der Waals surface area contributed by atoms with Crippen LogP contribution in [0.1, 0.15) is 51.1 Å². The summed E-state index contributed by atoms with van der Waals surface area (Å²) in [4.78, 5) is 12.5. The van der Waals surface area contributed by atoms with Crippen LogP contribution in [0.2, 0.25) is 0 Å². The van der Waals surface area contributed by atoms with Crippen LogP contribution in [0, 0.1) is 0 Å². The number of thioether (sulfide) groups is 1. The summed E-state index contributed by atoms with van der Waals surface area (Å²) in [7, 11) is 0. The number of nitrogens with one attached hydrogen (secondary N) is 1. The zero-order valence-electron chi connectivity index (χ0n) is 18.7. The average molecular weight is 451 g/mol. The van der Waals surface area contributed by atoms with E-state index in [0.717, 1.165) is 47.2 Å². The first-order valence-corrected chi connectivity index (χ1v) is 12.3. The van der Waals surface area contributed by atoms with Crippen LogP contribution in [0.4, 0.5) is 0 Å². The van der Waals surface area contributed by atoms with Crippen LogP contribution >= 0.6 is 11.8 Å². The molecule has 1 atom stereocenters. The highest BCUT2D eigenvalue weighted by Gasteiger charge is 2.18. The summed E-state index contributed by atoms with van der Waals surface area (Å²) in [6, 6.07) is 18.0. The van der Waals surface area contributed by atoms with Crippen molar-refractivity contribution < 1.29 is 9.53 Å². The summed E-state index contributed by atoms with van der Waals surface area (Å²) in [6.07, 6.45) is 5.14. The highest BCUT2D eigenvalue weighted by Crippen LogP contribution is 2.28. The smallest absolute Gasteiger partial charge is 0.230 e. The van der Waals surface area contributed by atoms with Gasteiger partial charge in [-0.25, -0.2) is 0 Å². The Morgan fingerprint density at radius 3 is 2.53 bits per heavy atom. The van der Waals surface area contributed by atoms with E-state index in [2.05, 4.69) is 22.4 Å². The molecular weight excluding hydrogens is 420 g/mol. The number of carbonyl (C=O) groups is 1. The molecule has 1 saturated carbocycles. The van der Waals surface area contributed by atoms with Crippen molar-refractivity contribution >= 4 is 17.7 Å². The summed E-state index contributed by atoms with van der Waals surface area (Å²) >= 11 is 1.41. The maximum Gasteiger partial charge on any atom is 0.230 e. The van der Waals surface area contributed by atoms with Gasteiger partial charge in [-0.2, -0.15) is 0 Å². The van der Waals surface area contributed by atoms with Crippen LogP contribution in [-0.2, 0) is 11.3 Å². The van der Waals surface area contributed by atoms with Gasteiger partial charge >= 0.3 is 0 Å². The molecule has 1 aromatic heterocycles. The van der Waals surface area contributed by atoms with E-state index in [9.17, 15) is 4.79 Å². The molecule has 168 valence electrons. The van der Waals surface area contributed by atoms with E-state index in [1.807, 2.05) is 66.1 Å². The lowest BCUT2D eigenvalue weighted by molar-refractivity contribution is -0.119. The lowest BCUT2D eigenvalue weighted by Crippen LogP contribution is -2.28. The third kappa shape index (κ3) is 5.51. The van der Waals surface area contributed by atoms with Crippen molar-refractivity contribution in [3.05, 3.63) is 60.2 Å². The second-order valence-electron chi connectivity index (χ2n) is 8.09. The first-order valence-electron chi connectivity index (χ1n) is 11.3. The molecule has 1 unspecified atom stereocenters. The third-order valence-electron chi connectivity index (χ3n) is 5.76. The van der Waals surface area contributed by atoms with Crippen molar-refractivity contribution in [1.82, 2.24) is 20.1 Å². The van der Waals surface area contributed by atoms with Gasteiger partial charge in [0.05, 0.1) is 17.9 Å². The molecule has 2 aromatic carbocycles. The van der Waals surface area contributed by atoms with Gasteiger partial charge in [0.1, 0.15) is 5.75 Å². The number of ether oxygens (including phenoxy) is 1. The van der Waals surface area contributed by atoms with E-state index in [4.69, 9.17) is 4.74 Å². The Labute approximate surface area is 193 Å². The second kappa shape index (κ2) is 10.7. The van der Waals surface area contributed by atoms with Crippen LogP contribution in [-0.4, -0.2) is 32.5 Å². The van der Waals surface area contributed by atoms with Crippen LogP contribution in [0.3, 0.4) is 0 Å². The molecule has 1 N–H and O–H groups in total. The van der Waals surface area contributed by atoms with Crippen molar-refractivity contribution in [3.8, 4) is 17.1 Å². The first kappa shape index (κ1) is 22.4. The molecule has 1 aliphatic rings. The number of aromatic nitrogens is 3. The second-order valence-corrected chi connectivity index (χ2v) is 9.03. The Bertz CT molecular complexity index is 1010. The molecular formula is C25H30N4O2S. The summed E-state index contributed by atoms with van der Waals surface area (Å²) in [5.74, 6) is 1.98. The number of nitrogens with zero attached hydrogens (tertiary/aromatic N) is 3. The lowest BCUT2D eigenvalue weighted by Gasteiger charge is -2.14. The van der Waals surface area contributed by atoms with E-state index in [1.165, 1.54) is 24.6 Å². The normalized spacial score (nSPS) is 14.9. The number of hydrogen-bond donors (Lipinski definition) is 1. The topological polar surface area (TPSA) is 69.0 Å². The highest BCUT2D eigenvalue weighted by molar-refractivity contribution is 7.99. The van der Waals surface area contributed by atoms with Gasteiger partial charge < -0.3 is 14.6 Å². The SMILES string of the molecule is CCn1c(SCC(=O)NC(C)c2ccccc2)nnc1-c1ccc(OC2CCCC2)cc1. The zero-order chi connectivity index (χ0) is 22.3. The van der Waals surface area contributed by atoms with Crippen molar-refractivity contribution in [2.24, 2.45) is 0 Å². The minimum absolute atomic E-state index is 0.0213. The molecule has 32 heavy (non-hydrogen) atoms. The standard InChI is InChI=1S/C25H30N4O2S/c1-3-29-24(20-13-15-22(16-14-20)31-21-11-7-8-12-21)27-28-25(29)32-17-23(30)26-18(2)19-9-5-4-6-10-19/h4-6,9-10,13-16,18,21H,3,7-8,11-12,17H2,1-2H3,(H,26,30). The molecule has 0 radical (unpaired) electrons. The molecule has 1 amide bonds. The lowest BCUT2D eigenvalue weighted by atomic mass is 10.1. The minimum atomic E-state index is -0.0335. The molecule has 1 heterocycles. The number of carbonyl (C=O) groups excluding carboxylic acids is 1. The molecule has 0 saturated heterocycles. The highest BCUT2D eigenvalue weighted by atomic mass is 32.2. The fourth-order valence-corrected chi connectivity index (χ4v) is 4.83. The molecule has 3 aromatic rings. The number of hydrogen-bond acceptors (Lipinski definition) is 5. The monoisotopic (exact) mass is 450 g/mol. The average Bonchev–Trinajstić information content (AvgIpc) is 3.48. The molecule has 7 heteroatoms. The van der Waals surface area contributed by atoms with Gasteiger partial charge in [-0.1, -0.05) is 42.1 Å². The van der Waals surface area contributed by atoms with Gasteiger partial charge in [0.25, 0.3) is 0 Å². The van der Waals surface area contributed by atoms with Crippen LogP contribution < -0.4 is 10.1 Å². The Kier molecular flexibility index (Phi) is 7.47. The van der Waals surface area contributed by atoms with Crippen molar-refractivity contribution in [2.75, 3.05) is 5.75 Å². The van der Waals surface area contributed by atoms with Crippen LogP contribution in [0.5, 0.6) is 5.75 Å². The molecule has 0 aliphatic heterocycles. The third-order valence-corrected chi connectivity index (χ3v) is 6.73. The van der Waals surface area contributed by atoms with E-state index < -0.39 is 0 Å². The maximum atomic E-state index is 12.5. The Morgan fingerprint density at radius 2 is 1.84 bits per heavy atom. The van der Waals surface area contributed by atoms with Gasteiger partial charge in [-0.05, 0) is 69.4 Å². The Morgan fingerprint density at radius 1 is 1.12 bits per heavy atom. The Balaban J connectivity index is 1.36. The van der Waals surface area contributed by atoms with Crippen molar-refractivity contribution in [3.63, 3.8) is 0 Å². The molecule has 1 aliphatic carbocycles. The van der Waals surface area contributed by atoms with E-state index >= 15 is 0 Å². The number of amides is 1. The number of rotatable bonds is 9. The largest absolute Gasteiger partial charge is 0.490 e. The van der Waals surface area contributed by atoms with Crippen LogP contribution in [0.15, 0.2) is 59.8 Å². The first-order chi connectivity index (χ1) is 15.6. The maximum absolute atomic E-state index is 12.5. The summed E-state index contributed by atoms with van der Waals surface area (Å²) in [6.45, 7) is 4.78. The zero-order valence-corrected chi connectivity index (χ0v) is 19.5. The predicted octanol–water partition coefficient (Wildman–Crippen LogP) is 5.26. The van der Waals surface area contributed by atoms with E-state index in [-0.39, 0.29) is 11.9 Å². The fourth-order valence-electron chi connectivity index (χ4n) is 4.01. The van der Waals surface area contributed by atoms with Crippen molar-refractivity contribution in [2.45, 2.75) is 63.4 Å². The number of benzene rings is 2. The minimum Gasteiger partial charge on any atom is -0.490 e. The summed E-state index contributed by atoms with van der Waals surface area (Å²) in [5.41, 5.74) is 2.08. The van der Waals surface area contributed by atoms with Gasteiger partial charge in [-0.15, -0.1) is 10.2 Å². The quantitative estimate of drug-likeness (QED) is 0.451. The van der Waals surface area contributed by atoms with E-state index in [0.29, 0.717) is 11.9 Å². The van der Waals surface area contributed by atoms with Gasteiger partial charge in [0.2, 0.25) is 5.91 Å².